The number of aromatic nitrogens is 1. The van der Waals surface area contributed by atoms with E-state index in [1.54, 1.807) is 11.1 Å². The lowest BCUT2D eigenvalue weighted by Crippen LogP contribution is -2.48. The number of nitrogens with one attached hydrogen (secondary N) is 2. The lowest BCUT2D eigenvalue weighted by atomic mass is 10.1. The van der Waals surface area contributed by atoms with Crippen LogP contribution in [0.25, 0.3) is 0 Å². The van der Waals surface area contributed by atoms with Gasteiger partial charge in [-0.25, -0.2) is 9.78 Å². The van der Waals surface area contributed by atoms with E-state index < -0.39 is 0 Å². The number of urea groups is 1. The maximum Gasteiger partial charge on any atom is 0.323 e. The predicted molar refractivity (Wildman–Crippen MR) is 83.5 cm³/mol. The minimum atomic E-state index is -0.117. The Labute approximate surface area is 130 Å². The fraction of sp³-hybridized carbons (Fsp3) is 0.562. The van der Waals surface area contributed by atoms with Crippen molar-refractivity contribution in [1.29, 1.82) is 0 Å². The molecule has 3 rings (SSSR count). The van der Waals surface area contributed by atoms with Gasteiger partial charge in [0.05, 0.1) is 0 Å². The van der Waals surface area contributed by atoms with Crippen LogP contribution < -0.4 is 10.6 Å². The van der Waals surface area contributed by atoms with Crippen LogP contribution in [0.2, 0.25) is 0 Å². The second kappa shape index (κ2) is 6.34. The quantitative estimate of drug-likeness (QED) is 0.895. The van der Waals surface area contributed by atoms with Crippen LogP contribution in [-0.4, -0.2) is 41.0 Å². The van der Waals surface area contributed by atoms with E-state index in [-0.39, 0.29) is 23.9 Å². The number of carbonyl (C=O) groups is 2. The summed E-state index contributed by atoms with van der Waals surface area (Å²) in [6, 6.07) is 3.85. The SMILES string of the molecule is Cc1cccnc1NC(=O)N1CCC(NC(=O)C2CC2)CC1. The van der Waals surface area contributed by atoms with Gasteiger partial charge in [0.1, 0.15) is 5.82 Å². The van der Waals surface area contributed by atoms with Crippen molar-refractivity contribution < 1.29 is 9.59 Å². The smallest absolute Gasteiger partial charge is 0.323 e. The average molecular weight is 302 g/mol. The number of pyridine rings is 1. The molecule has 1 aromatic heterocycles. The molecule has 2 N–H and O–H groups in total. The Bertz CT molecular complexity index is 563. The summed E-state index contributed by atoms with van der Waals surface area (Å²) in [5.74, 6) is 1.04. The van der Waals surface area contributed by atoms with Crippen molar-refractivity contribution in [2.75, 3.05) is 18.4 Å². The van der Waals surface area contributed by atoms with E-state index in [0.717, 1.165) is 31.2 Å². The molecule has 0 unspecified atom stereocenters. The topological polar surface area (TPSA) is 74.3 Å². The van der Waals surface area contributed by atoms with E-state index in [0.29, 0.717) is 18.9 Å². The Morgan fingerprint density at radius 3 is 2.59 bits per heavy atom. The zero-order valence-electron chi connectivity index (χ0n) is 12.8. The number of hydrogen-bond donors (Lipinski definition) is 2. The van der Waals surface area contributed by atoms with Gasteiger partial charge in [0.25, 0.3) is 0 Å². The number of rotatable bonds is 3. The summed E-state index contributed by atoms with van der Waals surface area (Å²) < 4.78 is 0. The summed E-state index contributed by atoms with van der Waals surface area (Å²) in [4.78, 5) is 30.0. The number of hydrogen-bond acceptors (Lipinski definition) is 3. The number of likely N-dealkylation sites (tertiary alicyclic amines) is 1. The highest BCUT2D eigenvalue weighted by molar-refractivity contribution is 5.89. The molecule has 0 aromatic carbocycles. The minimum Gasteiger partial charge on any atom is -0.353 e. The van der Waals surface area contributed by atoms with Crippen molar-refractivity contribution in [3.8, 4) is 0 Å². The molecule has 22 heavy (non-hydrogen) atoms. The van der Waals surface area contributed by atoms with Crippen LogP contribution in [0.5, 0.6) is 0 Å². The third kappa shape index (κ3) is 3.55. The summed E-state index contributed by atoms with van der Waals surface area (Å²) in [5.41, 5.74) is 0.947. The highest BCUT2D eigenvalue weighted by Gasteiger charge is 2.32. The lowest BCUT2D eigenvalue weighted by molar-refractivity contribution is -0.123. The fourth-order valence-corrected chi connectivity index (χ4v) is 2.69. The van der Waals surface area contributed by atoms with Crippen LogP contribution in [0.3, 0.4) is 0 Å². The predicted octanol–water partition coefficient (Wildman–Crippen LogP) is 1.91. The Kier molecular flexibility index (Phi) is 4.27. The van der Waals surface area contributed by atoms with Crippen molar-refractivity contribution in [3.05, 3.63) is 23.9 Å². The number of piperidine rings is 1. The van der Waals surface area contributed by atoms with E-state index in [2.05, 4.69) is 15.6 Å². The minimum absolute atomic E-state index is 0.117. The summed E-state index contributed by atoms with van der Waals surface area (Å²) in [6.07, 6.45) is 5.34. The highest BCUT2D eigenvalue weighted by Crippen LogP contribution is 2.29. The van der Waals surface area contributed by atoms with Crippen LogP contribution in [-0.2, 0) is 4.79 Å². The molecule has 2 fully saturated rings. The Hall–Kier alpha value is -2.11. The fourth-order valence-electron chi connectivity index (χ4n) is 2.69. The molecule has 0 spiro atoms. The molecule has 6 nitrogen and oxygen atoms in total. The normalized spacial score (nSPS) is 18.9. The van der Waals surface area contributed by atoms with Crippen molar-refractivity contribution in [3.63, 3.8) is 0 Å². The maximum atomic E-state index is 12.3. The first-order valence-electron chi connectivity index (χ1n) is 7.91. The molecule has 0 radical (unpaired) electrons. The molecular formula is C16H22N4O2. The first-order chi connectivity index (χ1) is 10.6. The van der Waals surface area contributed by atoms with Crippen molar-refractivity contribution in [2.24, 2.45) is 5.92 Å². The van der Waals surface area contributed by atoms with E-state index >= 15 is 0 Å². The number of nitrogens with zero attached hydrogens (tertiary/aromatic N) is 2. The van der Waals surface area contributed by atoms with Crippen LogP contribution in [0.4, 0.5) is 10.6 Å². The van der Waals surface area contributed by atoms with Gasteiger partial charge >= 0.3 is 6.03 Å². The molecule has 118 valence electrons. The van der Waals surface area contributed by atoms with Gasteiger partial charge in [-0.05, 0) is 44.2 Å². The summed E-state index contributed by atoms with van der Waals surface area (Å²) in [5, 5.41) is 5.94. The Balaban J connectivity index is 1.47. The van der Waals surface area contributed by atoms with E-state index in [4.69, 9.17) is 0 Å². The van der Waals surface area contributed by atoms with Crippen LogP contribution >= 0.6 is 0 Å². The molecule has 2 aliphatic rings. The zero-order chi connectivity index (χ0) is 15.5. The monoisotopic (exact) mass is 302 g/mol. The molecule has 2 heterocycles. The standard InChI is InChI=1S/C16H22N4O2/c1-11-3-2-8-17-14(11)19-16(22)20-9-6-13(7-10-20)18-15(21)12-4-5-12/h2-3,8,12-13H,4-7,9-10H2,1H3,(H,18,21)(H,17,19,22). The zero-order valence-corrected chi connectivity index (χ0v) is 12.8. The van der Waals surface area contributed by atoms with Gasteiger partial charge in [-0.1, -0.05) is 6.07 Å². The van der Waals surface area contributed by atoms with Crippen molar-refractivity contribution in [2.45, 2.75) is 38.6 Å². The van der Waals surface area contributed by atoms with Gasteiger partial charge < -0.3 is 10.2 Å². The third-order valence-corrected chi connectivity index (χ3v) is 4.31. The van der Waals surface area contributed by atoms with Gasteiger partial charge in [0, 0.05) is 31.2 Å². The third-order valence-electron chi connectivity index (χ3n) is 4.31. The van der Waals surface area contributed by atoms with E-state index in [9.17, 15) is 9.59 Å². The maximum absolute atomic E-state index is 12.3. The molecule has 1 aromatic rings. The first-order valence-corrected chi connectivity index (χ1v) is 7.91. The van der Waals surface area contributed by atoms with Gasteiger partial charge in [-0.15, -0.1) is 0 Å². The lowest BCUT2D eigenvalue weighted by Gasteiger charge is -2.32. The molecule has 1 saturated carbocycles. The molecule has 1 aliphatic heterocycles. The van der Waals surface area contributed by atoms with Gasteiger partial charge in [0.15, 0.2) is 0 Å². The molecule has 1 aliphatic carbocycles. The first kappa shape index (κ1) is 14.8. The van der Waals surface area contributed by atoms with Gasteiger partial charge in [-0.2, -0.15) is 0 Å². The van der Waals surface area contributed by atoms with Crippen LogP contribution in [0.1, 0.15) is 31.2 Å². The number of anilines is 1. The van der Waals surface area contributed by atoms with Crippen molar-refractivity contribution >= 4 is 17.8 Å². The molecule has 1 saturated heterocycles. The van der Waals surface area contributed by atoms with Crippen LogP contribution in [0, 0.1) is 12.8 Å². The summed E-state index contributed by atoms with van der Waals surface area (Å²) >= 11 is 0. The van der Waals surface area contributed by atoms with Gasteiger partial charge in [0.2, 0.25) is 5.91 Å². The molecular weight excluding hydrogens is 280 g/mol. The molecule has 0 atom stereocenters. The molecule has 3 amide bonds. The summed E-state index contributed by atoms with van der Waals surface area (Å²) in [7, 11) is 0. The van der Waals surface area contributed by atoms with E-state index in [1.165, 1.54) is 0 Å². The largest absolute Gasteiger partial charge is 0.353 e. The number of amides is 3. The van der Waals surface area contributed by atoms with E-state index in [1.807, 2.05) is 19.1 Å². The number of carbonyl (C=O) groups excluding carboxylic acids is 2. The molecule has 0 bridgehead atoms. The highest BCUT2D eigenvalue weighted by atomic mass is 16.2. The Morgan fingerprint density at radius 2 is 1.95 bits per heavy atom. The Morgan fingerprint density at radius 1 is 1.23 bits per heavy atom. The second-order valence-corrected chi connectivity index (χ2v) is 6.14. The summed E-state index contributed by atoms with van der Waals surface area (Å²) in [6.45, 7) is 3.24. The average Bonchev–Trinajstić information content (AvgIpc) is 3.35. The number of aryl methyl sites for hydroxylation is 1. The van der Waals surface area contributed by atoms with Gasteiger partial charge in [-0.3, -0.25) is 10.1 Å². The van der Waals surface area contributed by atoms with Crippen molar-refractivity contribution in [1.82, 2.24) is 15.2 Å². The molecule has 6 heteroatoms. The second-order valence-electron chi connectivity index (χ2n) is 6.14. The van der Waals surface area contributed by atoms with Crippen LogP contribution in [0.15, 0.2) is 18.3 Å².